The Balaban J connectivity index is 1.92. The van der Waals surface area contributed by atoms with E-state index in [0.717, 1.165) is 42.7 Å². The van der Waals surface area contributed by atoms with E-state index in [1.807, 2.05) is 38.1 Å². The van der Waals surface area contributed by atoms with Crippen molar-refractivity contribution in [3.63, 3.8) is 0 Å². The average Bonchev–Trinajstić information content (AvgIpc) is 2.64. The van der Waals surface area contributed by atoms with E-state index >= 15 is 0 Å². The zero-order chi connectivity index (χ0) is 18.7. The summed E-state index contributed by atoms with van der Waals surface area (Å²) in [6.45, 7) is 5.89. The van der Waals surface area contributed by atoms with Crippen molar-refractivity contribution in [3.8, 4) is 0 Å². The predicted octanol–water partition coefficient (Wildman–Crippen LogP) is 3.64. The molecule has 0 spiro atoms. The first-order valence-corrected chi connectivity index (χ1v) is 9.03. The van der Waals surface area contributed by atoms with Crippen LogP contribution < -0.4 is 16.0 Å². The molecule has 0 aromatic heterocycles. The van der Waals surface area contributed by atoms with Crippen LogP contribution in [0, 0.1) is 13.8 Å². The summed E-state index contributed by atoms with van der Waals surface area (Å²) in [6.07, 6.45) is 3.48. The number of nitrogens with zero attached hydrogens (tertiary/aromatic N) is 1. The molecular weight excluding hydrogens is 326 g/mol. The van der Waals surface area contributed by atoms with Crippen molar-refractivity contribution < 1.29 is 9.59 Å². The SMILES string of the molecule is Cc1ccc(C(=O)Nc2cc(C(N)=O)ccc2N2CCCCC2)cc1C. The van der Waals surface area contributed by atoms with Crippen LogP contribution in [0.15, 0.2) is 36.4 Å². The number of piperidine rings is 1. The van der Waals surface area contributed by atoms with E-state index in [4.69, 9.17) is 5.73 Å². The van der Waals surface area contributed by atoms with Crippen LogP contribution in [-0.4, -0.2) is 24.9 Å². The van der Waals surface area contributed by atoms with Gasteiger partial charge in [0, 0.05) is 24.2 Å². The van der Waals surface area contributed by atoms with Gasteiger partial charge in [-0.15, -0.1) is 0 Å². The number of nitrogens with one attached hydrogen (secondary N) is 1. The second kappa shape index (κ2) is 7.60. The third-order valence-corrected chi connectivity index (χ3v) is 5.00. The molecule has 3 rings (SSSR count). The number of rotatable bonds is 4. The van der Waals surface area contributed by atoms with Crippen LogP contribution in [0.1, 0.15) is 51.1 Å². The normalized spacial score (nSPS) is 14.2. The molecule has 1 aliphatic heterocycles. The highest BCUT2D eigenvalue weighted by Gasteiger charge is 2.18. The van der Waals surface area contributed by atoms with E-state index in [-0.39, 0.29) is 5.91 Å². The standard InChI is InChI=1S/C21H25N3O2/c1-14-6-7-17(12-15(14)2)21(26)23-18-13-16(20(22)25)8-9-19(18)24-10-4-3-5-11-24/h6-9,12-13H,3-5,10-11H2,1-2H3,(H2,22,25)(H,23,26). The van der Waals surface area contributed by atoms with E-state index in [1.165, 1.54) is 6.42 Å². The number of primary amides is 1. The minimum Gasteiger partial charge on any atom is -0.370 e. The molecule has 5 nitrogen and oxygen atoms in total. The Morgan fingerprint density at radius 2 is 1.62 bits per heavy atom. The van der Waals surface area contributed by atoms with Crippen LogP contribution in [-0.2, 0) is 0 Å². The third kappa shape index (κ3) is 3.87. The zero-order valence-corrected chi connectivity index (χ0v) is 15.3. The lowest BCUT2D eigenvalue weighted by Gasteiger charge is -2.30. The van der Waals surface area contributed by atoms with Gasteiger partial charge in [-0.2, -0.15) is 0 Å². The van der Waals surface area contributed by atoms with E-state index in [2.05, 4.69) is 10.2 Å². The van der Waals surface area contributed by atoms with Crippen LogP contribution >= 0.6 is 0 Å². The van der Waals surface area contributed by atoms with E-state index in [9.17, 15) is 9.59 Å². The monoisotopic (exact) mass is 351 g/mol. The lowest BCUT2D eigenvalue weighted by Crippen LogP contribution is -2.30. The Kier molecular flexibility index (Phi) is 5.26. The molecular formula is C21H25N3O2. The lowest BCUT2D eigenvalue weighted by atomic mass is 10.0. The molecule has 1 aliphatic rings. The maximum atomic E-state index is 12.7. The summed E-state index contributed by atoms with van der Waals surface area (Å²) in [7, 11) is 0. The molecule has 0 radical (unpaired) electrons. The number of anilines is 2. The quantitative estimate of drug-likeness (QED) is 0.883. The second-order valence-corrected chi connectivity index (χ2v) is 6.90. The van der Waals surface area contributed by atoms with Crippen molar-refractivity contribution >= 4 is 23.2 Å². The topological polar surface area (TPSA) is 75.4 Å². The van der Waals surface area contributed by atoms with Gasteiger partial charge in [-0.3, -0.25) is 9.59 Å². The number of aryl methyl sites for hydroxylation is 2. The number of hydrogen-bond acceptors (Lipinski definition) is 3. The molecule has 3 N–H and O–H groups in total. The first-order chi connectivity index (χ1) is 12.5. The van der Waals surface area contributed by atoms with Gasteiger partial charge in [-0.25, -0.2) is 0 Å². The van der Waals surface area contributed by atoms with E-state index in [0.29, 0.717) is 16.8 Å². The van der Waals surface area contributed by atoms with Crippen molar-refractivity contribution in [2.45, 2.75) is 33.1 Å². The van der Waals surface area contributed by atoms with Crippen LogP contribution in [0.4, 0.5) is 11.4 Å². The maximum absolute atomic E-state index is 12.7. The minimum atomic E-state index is -0.503. The van der Waals surface area contributed by atoms with E-state index in [1.54, 1.807) is 12.1 Å². The highest BCUT2D eigenvalue weighted by molar-refractivity contribution is 6.07. The van der Waals surface area contributed by atoms with Gasteiger partial charge >= 0.3 is 0 Å². The fourth-order valence-electron chi connectivity index (χ4n) is 3.28. The Bertz CT molecular complexity index is 839. The molecule has 0 aliphatic carbocycles. The second-order valence-electron chi connectivity index (χ2n) is 6.90. The molecule has 2 amide bonds. The molecule has 0 bridgehead atoms. The summed E-state index contributed by atoms with van der Waals surface area (Å²) in [5.74, 6) is -0.690. The first-order valence-electron chi connectivity index (χ1n) is 9.03. The third-order valence-electron chi connectivity index (χ3n) is 5.00. The molecule has 2 aromatic carbocycles. The molecule has 136 valence electrons. The number of amides is 2. The fourth-order valence-corrected chi connectivity index (χ4v) is 3.28. The van der Waals surface area contributed by atoms with Crippen molar-refractivity contribution in [1.29, 1.82) is 0 Å². The molecule has 0 unspecified atom stereocenters. The van der Waals surface area contributed by atoms with Crippen molar-refractivity contribution in [3.05, 3.63) is 58.7 Å². The molecule has 0 saturated carbocycles. The summed E-state index contributed by atoms with van der Waals surface area (Å²) >= 11 is 0. The summed E-state index contributed by atoms with van der Waals surface area (Å²) in [6, 6.07) is 10.9. The Morgan fingerprint density at radius 3 is 2.27 bits per heavy atom. The number of hydrogen-bond donors (Lipinski definition) is 2. The molecule has 0 atom stereocenters. The number of carbonyl (C=O) groups is 2. The van der Waals surface area contributed by atoms with E-state index < -0.39 is 5.91 Å². The minimum absolute atomic E-state index is 0.187. The molecule has 1 heterocycles. The lowest BCUT2D eigenvalue weighted by molar-refractivity contribution is 0.0996. The summed E-state index contributed by atoms with van der Waals surface area (Å²) in [4.78, 5) is 26.6. The smallest absolute Gasteiger partial charge is 0.255 e. The summed E-state index contributed by atoms with van der Waals surface area (Å²) in [5, 5.41) is 2.98. The Morgan fingerprint density at radius 1 is 0.923 bits per heavy atom. The molecule has 2 aromatic rings. The Labute approximate surface area is 154 Å². The molecule has 5 heteroatoms. The average molecular weight is 351 g/mol. The van der Waals surface area contributed by atoms with Gasteiger partial charge in [-0.05, 0) is 74.6 Å². The van der Waals surface area contributed by atoms with Crippen molar-refractivity contribution in [2.75, 3.05) is 23.3 Å². The van der Waals surface area contributed by atoms with Gasteiger partial charge in [0.2, 0.25) is 5.91 Å². The van der Waals surface area contributed by atoms with Gasteiger partial charge < -0.3 is 16.0 Å². The van der Waals surface area contributed by atoms with Crippen molar-refractivity contribution in [1.82, 2.24) is 0 Å². The number of carbonyl (C=O) groups excluding carboxylic acids is 2. The van der Waals surface area contributed by atoms with Gasteiger partial charge in [-0.1, -0.05) is 6.07 Å². The predicted molar refractivity (Wildman–Crippen MR) is 105 cm³/mol. The van der Waals surface area contributed by atoms with Crippen LogP contribution in [0.2, 0.25) is 0 Å². The zero-order valence-electron chi connectivity index (χ0n) is 15.3. The van der Waals surface area contributed by atoms with Crippen LogP contribution in [0.5, 0.6) is 0 Å². The fraction of sp³-hybridized carbons (Fsp3) is 0.333. The maximum Gasteiger partial charge on any atom is 0.255 e. The highest BCUT2D eigenvalue weighted by atomic mass is 16.2. The number of nitrogens with two attached hydrogens (primary N) is 1. The number of benzene rings is 2. The largest absolute Gasteiger partial charge is 0.370 e. The van der Waals surface area contributed by atoms with Gasteiger partial charge in [0.05, 0.1) is 11.4 Å². The molecule has 1 fully saturated rings. The van der Waals surface area contributed by atoms with Crippen LogP contribution in [0.25, 0.3) is 0 Å². The highest BCUT2D eigenvalue weighted by Crippen LogP contribution is 2.30. The molecule has 1 saturated heterocycles. The summed E-state index contributed by atoms with van der Waals surface area (Å²) < 4.78 is 0. The summed E-state index contributed by atoms with van der Waals surface area (Å²) in [5.41, 5.74) is 10.2. The van der Waals surface area contributed by atoms with Gasteiger partial charge in [0.1, 0.15) is 0 Å². The Hall–Kier alpha value is -2.82. The van der Waals surface area contributed by atoms with Gasteiger partial charge in [0.25, 0.3) is 5.91 Å². The van der Waals surface area contributed by atoms with Gasteiger partial charge in [0.15, 0.2) is 0 Å². The van der Waals surface area contributed by atoms with Crippen LogP contribution in [0.3, 0.4) is 0 Å². The first kappa shape index (κ1) is 18.0. The van der Waals surface area contributed by atoms with Crippen molar-refractivity contribution in [2.24, 2.45) is 5.73 Å². The molecule has 26 heavy (non-hydrogen) atoms.